The molecule has 0 amide bonds. The molecule has 16 heavy (non-hydrogen) atoms. The first-order chi connectivity index (χ1) is 7.41. The molecule has 1 N–H and O–H groups in total. The van der Waals surface area contributed by atoms with Crippen molar-refractivity contribution in [2.75, 3.05) is 5.75 Å². The largest absolute Gasteiger partial charge is 0.392 e. The van der Waals surface area contributed by atoms with Crippen LogP contribution in [0.5, 0.6) is 0 Å². The van der Waals surface area contributed by atoms with Gasteiger partial charge < -0.3 is 9.63 Å². The van der Waals surface area contributed by atoms with E-state index in [2.05, 4.69) is 0 Å². The number of nitrogens with zero attached hydrogens (tertiary/aromatic N) is 1. The van der Waals surface area contributed by atoms with Gasteiger partial charge in [0.2, 0.25) is 0 Å². The fraction of sp³-hybridized carbons (Fsp3) is 0.600. The summed E-state index contributed by atoms with van der Waals surface area (Å²) >= 11 is 1.29. The molecular weight excluding hydrogens is 230 g/mol. The Hall–Kier alpha value is -1.01. The van der Waals surface area contributed by atoms with Crippen LogP contribution in [0.3, 0.4) is 0 Å². The molecule has 0 aliphatic heterocycles. The molecule has 1 aromatic heterocycles. The van der Waals surface area contributed by atoms with Crippen molar-refractivity contribution in [3.8, 4) is 0 Å². The number of aliphatic hydroxyl groups is 1. The molecule has 0 spiro atoms. The van der Waals surface area contributed by atoms with Crippen molar-refractivity contribution in [2.45, 2.75) is 32.1 Å². The van der Waals surface area contributed by atoms with Crippen molar-refractivity contribution >= 4 is 17.7 Å². The average Bonchev–Trinajstić information content (AvgIpc) is 2.53. The van der Waals surface area contributed by atoms with E-state index in [0.29, 0.717) is 5.76 Å². The zero-order valence-corrected chi connectivity index (χ0v) is 10.3. The highest BCUT2D eigenvalue weighted by molar-refractivity contribution is 8.00. The zero-order chi connectivity index (χ0) is 12.3. The normalized spacial score (nSPS) is 14.8. The molecule has 1 rings (SSSR count). The van der Waals surface area contributed by atoms with Gasteiger partial charge in [0.1, 0.15) is 5.76 Å². The van der Waals surface area contributed by atoms with Crippen LogP contribution in [0.15, 0.2) is 15.4 Å². The van der Waals surface area contributed by atoms with Crippen LogP contribution in [0.1, 0.15) is 24.4 Å². The van der Waals surface area contributed by atoms with Gasteiger partial charge in [-0.15, -0.1) is 16.5 Å². The third kappa shape index (κ3) is 3.24. The Morgan fingerprint density at radius 2 is 2.25 bits per heavy atom. The molecule has 1 aromatic rings. The number of hydrogen-bond acceptors (Lipinski definition) is 5. The molecule has 6 heteroatoms. The van der Waals surface area contributed by atoms with E-state index in [-0.39, 0.29) is 11.0 Å². The predicted molar refractivity (Wildman–Crippen MR) is 61.9 cm³/mol. The van der Waals surface area contributed by atoms with Gasteiger partial charge in [0.25, 0.3) is 11.5 Å². The maximum absolute atomic E-state index is 11.6. The SMILES string of the molecule is Cc1cc(=O)n(C(=O)CSC(C)C(C)O)o1. The molecule has 1 heterocycles. The van der Waals surface area contributed by atoms with Gasteiger partial charge >= 0.3 is 0 Å². The minimum Gasteiger partial charge on any atom is -0.392 e. The number of rotatable bonds is 4. The molecule has 2 atom stereocenters. The van der Waals surface area contributed by atoms with Crippen LogP contribution in [0.2, 0.25) is 0 Å². The van der Waals surface area contributed by atoms with Crippen LogP contribution in [0.4, 0.5) is 0 Å². The van der Waals surface area contributed by atoms with Gasteiger partial charge in [-0.2, -0.15) is 0 Å². The third-order valence-corrected chi connectivity index (χ3v) is 3.47. The topological polar surface area (TPSA) is 72.4 Å². The minimum absolute atomic E-state index is 0.0595. The maximum atomic E-state index is 11.6. The van der Waals surface area contributed by atoms with Crippen molar-refractivity contribution in [3.05, 3.63) is 22.2 Å². The van der Waals surface area contributed by atoms with Crippen molar-refractivity contribution < 1.29 is 14.4 Å². The Kier molecular flexibility index (Phi) is 4.37. The number of aromatic nitrogens is 1. The monoisotopic (exact) mass is 245 g/mol. The smallest absolute Gasteiger partial charge is 0.290 e. The number of carbonyl (C=O) groups excluding carboxylic acids is 1. The number of hydrogen-bond donors (Lipinski definition) is 1. The third-order valence-electron chi connectivity index (χ3n) is 2.14. The van der Waals surface area contributed by atoms with E-state index >= 15 is 0 Å². The van der Waals surface area contributed by atoms with Crippen molar-refractivity contribution in [3.63, 3.8) is 0 Å². The summed E-state index contributed by atoms with van der Waals surface area (Å²) in [6.07, 6.45) is -0.493. The fourth-order valence-electron chi connectivity index (χ4n) is 1.02. The first-order valence-electron chi connectivity index (χ1n) is 4.94. The van der Waals surface area contributed by atoms with Gasteiger partial charge in [-0.25, -0.2) is 0 Å². The summed E-state index contributed by atoms with van der Waals surface area (Å²) in [6.45, 7) is 5.08. The van der Waals surface area contributed by atoms with Crippen LogP contribution in [-0.2, 0) is 0 Å². The molecular formula is C10H15NO4S. The average molecular weight is 245 g/mol. The Morgan fingerprint density at radius 1 is 1.62 bits per heavy atom. The van der Waals surface area contributed by atoms with E-state index < -0.39 is 17.6 Å². The van der Waals surface area contributed by atoms with Crippen LogP contribution in [0.25, 0.3) is 0 Å². The lowest BCUT2D eigenvalue weighted by Gasteiger charge is -2.12. The van der Waals surface area contributed by atoms with Gasteiger partial charge in [0, 0.05) is 11.3 Å². The van der Waals surface area contributed by atoms with E-state index in [9.17, 15) is 14.7 Å². The quantitative estimate of drug-likeness (QED) is 0.853. The molecule has 5 nitrogen and oxygen atoms in total. The fourth-order valence-corrected chi connectivity index (χ4v) is 1.82. The maximum Gasteiger partial charge on any atom is 0.290 e. The molecule has 2 unspecified atom stereocenters. The zero-order valence-electron chi connectivity index (χ0n) is 9.47. The Bertz CT molecular complexity index is 421. The molecule has 0 aliphatic carbocycles. The number of thioether (sulfide) groups is 1. The van der Waals surface area contributed by atoms with Gasteiger partial charge in [-0.3, -0.25) is 9.59 Å². The molecule has 0 saturated heterocycles. The molecule has 0 aromatic carbocycles. The predicted octanol–water partition coefficient (Wildman–Crippen LogP) is 0.892. The summed E-state index contributed by atoms with van der Waals surface area (Å²) in [5, 5.41) is 9.18. The lowest BCUT2D eigenvalue weighted by atomic mass is 10.3. The van der Waals surface area contributed by atoms with E-state index in [1.54, 1.807) is 13.8 Å². The minimum atomic E-state index is -0.493. The standard InChI is InChI=1S/C10H15NO4S/c1-6-4-9(13)11(15-6)10(14)5-16-8(3)7(2)12/h4,7-8,12H,5H2,1-3H3. The highest BCUT2D eigenvalue weighted by Gasteiger charge is 2.15. The summed E-state index contributed by atoms with van der Waals surface area (Å²) in [5.41, 5.74) is -0.451. The number of carbonyl (C=O) groups is 1. The summed E-state index contributed by atoms with van der Waals surface area (Å²) in [4.78, 5) is 22.8. The summed E-state index contributed by atoms with van der Waals surface area (Å²) in [5.74, 6) is 0.112. The van der Waals surface area contributed by atoms with Crippen molar-refractivity contribution in [1.82, 2.24) is 4.74 Å². The van der Waals surface area contributed by atoms with E-state index in [4.69, 9.17) is 4.52 Å². The van der Waals surface area contributed by atoms with Crippen molar-refractivity contribution in [1.29, 1.82) is 0 Å². The summed E-state index contributed by atoms with van der Waals surface area (Å²) in [7, 11) is 0. The molecule has 0 fully saturated rings. The second-order valence-electron chi connectivity index (χ2n) is 3.63. The van der Waals surface area contributed by atoms with Crippen LogP contribution in [-0.4, -0.2) is 32.9 Å². The Balaban J connectivity index is 2.60. The molecule has 0 aliphatic rings. The first-order valence-corrected chi connectivity index (χ1v) is 5.99. The second kappa shape index (κ2) is 5.36. The molecule has 0 saturated carbocycles. The molecule has 0 bridgehead atoms. The van der Waals surface area contributed by atoms with Crippen molar-refractivity contribution in [2.24, 2.45) is 0 Å². The highest BCUT2D eigenvalue weighted by atomic mass is 32.2. The highest BCUT2D eigenvalue weighted by Crippen LogP contribution is 2.14. The van der Waals surface area contributed by atoms with Gasteiger partial charge in [0.05, 0.1) is 11.9 Å². The van der Waals surface area contributed by atoms with Crippen LogP contribution >= 0.6 is 11.8 Å². The summed E-state index contributed by atoms with van der Waals surface area (Å²) in [6, 6.07) is 1.26. The van der Waals surface area contributed by atoms with Gasteiger partial charge in [-0.1, -0.05) is 6.92 Å². The van der Waals surface area contributed by atoms with E-state index in [1.165, 1.54) is 17.8 Å². The number of aryl methyl sites for hydroxylation is 1. The van der Waals surface area contributed by atoms with E-state index in [0.717, 1.165) is 4.74 Å². The number of aliphatic hydroxyl groups excluding tert-OH is 1. The van der Waals surface area contributed by atoms with Gasteiger partial charge in [0.15, 0.2) is 0 Å². The molecule has 0 radical (unpaired) electrons. The lowest BCUT2D eigenvalue weighted by Crippen LogP contribution is -2.25. The van der Waals surface area contributed by atoms with Crippen LogP contribution < -0.4 is 5.56 Å². The van der Waals surface area contributed by atoms with E-state index in [1.807, 2.05) is 6.92 Å². The second-order valence-corrected chi connectivity index (χ2v) is 4.99. The Morgan fingerprint density at radius 3 is 2.69 bits per heavy atom. The lowest BCUT2D eigenvalue weighted by molar-refractivity contribution is 0.0813. The molecule has 90 valence electrons. The Labute approximate surface area is 97.4 Å². The van der Waals surface area contributed by atoms with Gasteiger partial charge in [-0.05, 0) is 13.8 Å². The van der Waals surface area contributed by atoms with Crippen LogP contribution in [0, 0.1) is 6.92 Å². The summed E-state index contributed by atoms with van der Waals surface area (Å²) < 4.78 is 5.69. The first kappa shape index (κ1) is 13.1.